The van der Waals surface area contributed by atoms with E-state index in [1.807, 2.05) is 6.92 Å². The summed E-state index contributed by atoms with van der Waals surface area (Å²) in [5, 5.41) is 0. The van der Waals surface area contributed by atoms with Gasteiger partial charge in [0, 0.05) is 19.7 Å². The van der Waals surface area contributed by atoms with Crippen LogP contribution in [0.5, 0.6) is 0 Å². The maximum atomic E-state index is 11.5. The highest BCUT2D eigenvalue weighted by atomic mass is 16.5. The number of hydrogen-bond acceptors (Lipinski definition) is 4. The van der Waals surface area contributed by atoms with Crippen LogP contribution in [0.25, 0.3) is 0 Å². The van der Waals surface area contributed by atoms with Crippen LogP contribution in [-0.4, -0.2) is 56.2 Å². The van der Waals surface area contributed by atoms with Gasteiger partial charge in [-0.25, -0.2) is 0 Å². The number of Topliss-reactive ketones (excluding diaryl/α,β-unsaturated/α-hetero) is 1. The molecule has 0 aromatic carbocycles. The Kier molecular flexibility index (Phi) is 5.22. The molecule has 0 radical (unpaired) electrons. The molecule has 0 aromatic rings. The van der Waals surface area contributed by atoms with E-state index in [1.165, 1.54) is 0 Å². The summed E-state index contributed by atoms with van der Waals surface area (Å²) in [6.07, 6.45) is 1.25. The second-order valence-corrected chi connectivity index (χ2v) is 4.11. The van der Waals surface area contributed by atoms with Crippen LogP contribution in [-0.2, 0) is 14.3 Å². The van der Waals surface area contributed by atoms with Crippen molar-refractivity contribution in [1.29, 1.82) is 0 Å². The minimum Gasteiger partial charge on any atom is -0.377 e. The van der Waals surface area contributed by atoms with Gasteiger partial charge in [0.2, 0.25) is 0 Å². The van der Waals surface area contributed by atoms with Crippen molar-refractivity contribution in [3.05, 3.63) is 0 Å². The molecule has 15 heavy (non-hydrogen) atoms. The zero-order chi connectivity index (χ0) is 11.3. The van der Waals surface area contributed by atoms with Gasteiger partial charge in [0.1, 0.15) is 6.61 Å². The summed E-state index contributed by atoms with van der Waals surface area (Å²) in [7, 11) is 1.55. The number of rotatable bonds is 5. The van der Waals surface area contributed by atoms with Gasteiger partial charge in [-0.05, 0) is 13.3 Å². The van der Waals surface area contributed by atoms with Gasteiger partial charge in [-0.2, -0.15) is 0 Å². The molecule has 1 aliphatic rings. The Bertz CT molecular complexity index is 208. The molecule has 1 fully saturated rings. The highest BCUT2D eigenvalue weighted by molar-refractivity contribution is 5.81. The summed E-state index contributed by atoms with van der Waals surface area (Å²) < 4.78 is 10.4. The van der Waals surface area contributed by atoms with Crippen LogP contribution in [0.2, 0.25) is 0 Å². The van der Waals surface area contributed by atoms with Gasteiger partial charge in [-0.3, -0.25) is 9.69 Å². The maximum absolute atomic E-state index is 11.5. The van der Waals surface area contributed by atoms with E-state index >= 15 is 0 Å². The number of morpholine rings is 1. The van der Waals surface area contributed by atoms with E-state index in [0.29, 0.717) is 12.6 Å². The second kappa shape index (κ2) is 6.20. The summed E-state index contributed by atoms with van der Waals surface area (Å²) in [5.41, 5.74) is 0. The number of carbonyl (C=O) groups is 1. The van der Waals surface area contributed by atoms with Gasteiger partial charge < -0.3 is 9.47 Å². The quantitative estimate of drug-likeness (QED) is 0.677. The molecule has 0 aliphatic carbocycles. The molecule has 4 nitrogen and oxygen atoms in total. The first-order valence-electron chi connectivity index (χ1n) is 5.53. The van der Waals surface area contributed by atoms with Gasteiger partial charge in [0.15, 0.2) is 5.78 Å². The normalized spacial score (nSPS) is 27.9. The Balaban J connectivity index is 2.44. The van der Waals surface area contributed by atoms with Crippen molar-refractivity contribution in [1.82, 2.24) is 4.90 Å². The molecule has 2 unspecified atom stereocenters. The third-order valence-electron chi connectivity index (χ3n) is 2.74. The third-order valence-corrected chi connectivity index (χ3v) is 2.74. The fourth-order valence-corrected chi connectivity index (χ4v) is 1.92. The van der Waals surface area contributed by atoms with Crippen molar-refractivity contribution < 1.29 is 14.3 Å². The SMILES string of the molecule is CCC1COC(C)CN1CC(=O)COC. The van der Waals surface area contributed by atoms with E-state index in [-0.39, 0.29) is 18.5 Å². The fraction of sp³-hybridized carbons (Fsp3) is 0.909. The fourth-order valence-electron chi connectivity index (χ4n) is 1.92. The minimum atomic E-state index is 0.144. The van der Waals surface area contributed by atoms with E-state index < -0.39 is 0 Å². The predicted octanol–water partition coefficient (Wildman–Crippen LogP) is 0.701. The van der Waals surface area contributed by atoms with Crippen LogP contribution >= 0.6 is 0 Å². The summed E-state index contributed by atoms with van der Waals surface area (Å²) in [4.78, 5) is 13.7. The minimum absolute atomic E-state index is 0.144. The van der Waals surface area contributed by atoms with Crippen LogP contribution in [0.15, 0.2) is 0 Å². The topological polar surface area (TPSA) is 38.8 Å². The zero-order valence-electron chi connectivity index (χ0n) is 9.86. The molecule has 0 spiro atoms. The lowest BCUT2D eigenvalue weighted by Crippen LogP contribution is -2.50. The number of ketones is 1. The van der Waals surface area contributed by atoms with Crippen LogP contribution < -0.4 is 0 Å². The molecule has 88 valence electrons. The first kappa shape index (κ1) is 12.6. The summed E-state index contributed by atoms with van der Waals surface area (Å²) in [6, 6.07) is 0.377. The van der Waals surface area contributed by atoms with Crippen LogP contribution in [0, 0.1) is 0 Å². The van der Waals surface area contributed by atoms with Crippen molar-refractivity contribution in [2.45, 2.75) is 32.4 Å². The second-order valence-electron chi connectivity index (χ2n) is 4.11. The van der Waals surface area contributed by atoms with Crippen molar-refractivity contribution in [3.63, 3.8) is 0 Å². The molecule has 0 amide bonds. The molecule has 1 rings (SSSR count). The smallest absolute Gasteiger partial charge is 0.172 e. The average Bonchev–Trinajstić information content (AvgIpc) is 2.18. The first-order valence-corrected chi connectivity index (χ1v) is 5.53. The Labute approximate surface area is 91.5 Å². The summed E-state index contributed by atoms with van der Waals surface area (Å²) in [5.74, 6) is 0.144. The highest BCUT2D eigenvalue weighted by Gasteiger charge is 2.26. The highest BCUT2D eigenvalue weighted by Crippen LogP contribution is 2.13. The number of methoxy groups -OCH3 is 1. The Morgan fingerprint density at radius 2 is 2.33 bits per heavy atom. The molecular formula is C11H21NO3. The molecule has 4 heteroatoms. The van der Waals surface area contributed by atoms with E-state index in [1.54, 1.807) is 7.11 Å². The van der Waals surface area contributed by atoms with Gasteiger partial charge in [0.05, 0.1) is 19.3 Å². The first-order chi connectivity index (χ1) is 7.17. The molecule has 2 atom stereocenters. The zero-order valence-corrected chi connectivity index (χ0v) is 9.86. The number of hydrogen-bond donors (Lipinski definition) is 0. The molecule has 0 aromatic heterocycles. The average molecular weight is 215 g/mol. The molecule has 0 N–H and O–H groups in total. The lowest BCUT2D eigenvalue weighted by molar-refractivity contribution is -0.127. The van der Waals surface area contributed by atoms with Gasteiger partial charge >= 0.3 is 0 Å². The monoisotopic (exact) mass is 215 g/mol. The third kappa shape index (κ3) is 3.89. The maximum Gasteiger partial charge on any atom is 0.172 e. The van der Waals surface area contributed by atoms with Crippen molar-refractivity contribution in [3.8, 4) is 0 Å². The van der Waals surface area contributed by atoms with Crippen LogP contribution in [0.1, 0.15) is 20.3 Å². The molecule has 1 heterocycles. The van der Waals surface area contributed by atoms with Gasteiger partial charge in [-0.15, -0.1) is 0 Å². The lowest BCUT2D eigenvalue weighted by atomic mass is 10.1. The molecular weight excluding hydrogens is 194 g/mol. The summed E-state index contributed by atoms with van der Waals surface area (Å²) >= 11 is 0. The van der Waals surface area contributed by atoms with E-state index in [9.17, 15) is 4.79 Å². The number of nitrogens with zero attached hydrogens (tertiary/aromatic N) is 1. The Morgan fingerprint density at radius 3 is 2.93 bits per heavy atom. The summed E-state index contributed by atoms with van der Waals surface area (Å²) in [6.45, 7) is 6.44. The molecule has 1 aliphatic heterocycles. The van der Waals surface area contributed by atoms with E-state index in [2.05, 4.69) is 11.8 Å². The van der Waals surface area contributed by atoms with E-state index in [4.69, 9.17) is 9.47 Å². The molecule has 1 saturated heterocycles. The standard InChI is InChI=1S/C11H21NO3/c1-4-10-7-15-9(2)5-12(10)6-11(13)8-14-3/h9-10H,4-8H2,1-3H3. The van der Waals surface area contributed by atoms with Crippen molar-refractivity contribution >= 4 is 5.78 Å². The van der Waals surface area contributed by atoms with Crippen LogP contribution in [0.3, 0.4) is 0 Å². The molecule has 0 saturated carbocycles. The Hall–Kier alpha value is -0.450. The largest absolute Gasteiger partial charge is 0.377 e. The molecule has 0 bridgehead atoms. The number of ether oxygens (including phenoxy) is 2. The Morgan fingerprint density at radius 1 is 1.60 bits per heavy atom. The van der Waals surface area contributed by atoms with Crippen molar-refractivity contribution in [2.24, 2.45) is 0 Å². The van der Waals surface area contributed by atoms with Crippen molar-refractivity contribution in [2.75, 3.05) is 33.4 Å². The lowest BCUT2D eigenvalue weighted by Gasteiger charge is -2.37. The van der Waals surface area contributed by atoms with E-state index in [0.717, 1.165) is 19.6 Å². The van der Waals surface area contributed by atoms with Gasteiger partial charge in [0.25, 0.3) is 0 Å². The van der Waals surface area contributed by atoms with Crippen LogP contribution in [0.4, 0.5) is 0 Å². The number of carbonyl (C=O) groups excluding carboxylic acids is 1. The van der Waals surface area contributed by atoms with Gasteiger partial charge in [-0.1, -0.05) is 6.92 Å². The predicted molar refractivity (Wildman–Crippen MR) is 57.9 cm³/mol.